The van der Waals surface area contributed by atoms with E-state index in [9.17, 15) is 31.9 Å². The first kappa shape index (κ1) is 38.8. The van der Waals surface area contributed by atoms with E-state index in [0.29, 0.717) is 31.6 Å². The third kappa shape index (κ3) is 8.47. The van der Waals surface area contributed by atoms with Crippen molar-refractivity contribution in [3.8, 4) is 0 Å². The van der Waals surface area contributed by atoms with Gasteiger partial charge in [0.25, 0.3) is 5.91 Å². The van der Waals surface area contributed by atoms with Crippen molar-refractivity contribution in [1.82, 2.24) is 34.6 Å². The first-order chi connectivity index (χ1) is 27.4. The third-order valence-electron chi connectivity index (χ3n) is 11.9. The number of nitrogens with two attached hydrogens (primary N) is 1. The van der Waals surface area contributed by atoms with E-state index in [4.69, 9.17) is 5.73 Å². The molecule has 0 radical (unpaired) electrons. The van der Waals surface area contributed by atoms with Crippen molar-refractivity contribution in [2.45, 2.75) is 81.7 Å². The number of carbonyl (C=O) groups excluding carboxylic acids is 3. The molecule has 1 aliphatic carbocycles. The number of anilines is 3. The van der Waals surface area contributed by atoms with Gasteiger partial charge in [-0.05, 0) is 81.2 Å². The van der Waals surface area contributed by atoms with Gasteiger partial charge < -0.3 is 20.9 Å². The molecule has 1 unspecified atom stereocenters. The van der Waals surface area contributed by atoms with E-state index < -0.39 is 35.7 Å². The summed E-state index contributed by atoms with van der Waals surface area (Å²) in [7, 11) is 0. The summed E-state index contributed by atoms with van der Waals surface area (Å²) in [5.41, 5.74) is 6.50. The van der Waals surface area contributed by atoms with Gasteiger partial charge in [-0.25, -0.2) is 13.9 Å². The molecule has 57 heavy (non-hydrogen) atoms. The Morgan fingerprint density at radius 1 is 0.965 bits per heavy atom. The number of rotatable bonds is 9. The Labute approximate surface area is 326 Å². The number of benzene rings is 1. The number of alkyl halides is 4. The van der Waals surface area contributed by atoms with Crippen LogP contribution in [0.1, 0.15) is 84.9 Å². The lowest BCUT2D eigenvalue weighted by molar-refractivity contribution is -0.141. The van der Waals surface area contributed by atoms with Crippen LogP contribution in [0.5, 0.6) is 0 Å². The van der Waals surface area contributed by atoms with Crippen molar-refractivity contribution < 1.29 is 31.9 Å². The lowest BCUT2D eigenvalue weighted by Gasteiger charge is -2.37. The Balaban J connectivity index is 0.853. The zero-order valence-electron chi connectivity index (χ0n) is 31.5. The van der Waals surface area contributed by atoms with Crippen molar-refractivity contribution in [3.05, 3.63) is 65.7 Å². The highest BCUT2D eigenvalue weighted by atomic mass is 19.4. The van der Waals surface area contributed by atoms with Crippen LogP contribution in [0.15, 0.2) is 48.9 Å². The Bertz CT molecular complexity index is 2080. The van der Waals surface area contributed by atoms with Crippen LogP contribution in [-0.4, -0.2) is 105 Å². The fraction of sp³-hybridized carbons (Fsp3) is 0.538. The average molecular weight is 794 g/mol. The number of nitrogens with zero attached hydrogens (tertiary/aromatic N) is 8. The summed E-state index contributed by atoms with van der Waals surface area (Å²) in [5, 5.41) is 13.3. The predicted octanol–water partition coefficient (Wildman–Crippen LogP) is 4.54. The standard InChI is InChI=1S/C39H47F4N11O3/c40-26-20-27(44)22-52(21-26)36-33(35-45-13-1-14-53(35)49-36)38(57)46-31-23-54(48-34(31)39(41,42)43)29-6-2-24(3-7-29)12-15-50-16-18-51(19-17-50)28-8-4-25(5-9-28)30-10-11-32(55)47-37(30)56/h1,4-5,8-9,13-14,23-24,26-27,29-30H,2-3,6-7,10-12,15-22,44H2,(H,46,57)(H,47,55,56)/t24?,26-,27-,29?,30?/m1/s1. The quantitative estimate of drug-likeness (QED) is 0.162. The number of fused-ring (bicyclic) bond motifs is 1. The van der Waals surface area contributed by atoms with Crippen LogP contribution >= 0.6 is 0 Å². The van der Waals surface area contributed by atoms with Crippen molar-refractivity contribution in [1.29, 1.82) is 0 Å². The molecular formula is C39H47F4N11O3. The van der Waals surface area contributed by atoms with E-state index >= 15 is 0 Å². The largest absolute Gasteiger partial charge is 0.437 e. The molecule has 8 rings (SSSR count). The minimum Gasteiger partial charge on any atom is -0.369 e. The molecule has 0 bridgehead atoms. The van der Waals surface area contributed by atoms with Gasteiger partial charge in [-0.1, -0.05) is 12.1 Å². The van der Waals surface area contributed by atoms with Gasteiger partial charge in [0.05, 0.1) is 24.2 Å². The summed E-state index contributed by atoms with van der Waals surface area (Å²) in [6.07, 6.45) is 3.29. The maximum absolute atomic E-state index is 14.5. The molecule has 3 amide bonds. The van der Waals surface area contributed by atoms with Crippen LogP contribution in [0.25, 0.3) is 5.65 Å². The van der Waals surface area contributed by atoms with Crippen LogP contribution in [-0.2, 0) is 15.8 Å². The van der Waals surface area contributed by atoms with E-state index in [-0.39, 0.29) is 60.3 Å². The maximum atomic E-state index is 14.5. The number of piperazine rings is 1. The molecule has 4 aromatic rings. The number of halogens is 4. The van der Waals surface area contributed by atoms with E-state index in [2.05, 4.69) is 35.6 Å². The fourth-order valence-electron chi connectivity index (χ4n) is 8.83. The number of nitrogens with one attached hydrogen (secondary N) is 2. The number of hydrogen-bond donors (Lipinski definition) is 3. The SMILES string of the molecule is N[C@@H]1C[C@@H](F)CN(c2nn3cccnc3c2C(=O)Nc2cn(C3CCC(CCN4CCN(c5ccc(C6CCC(=O)NC6=O)cc5)CC4)CC3)nc2C(F)(F)F)C1. The Morgan fingerprint density at radius 2 is 1.72 bits per heavy atom. The highest BCUT2D eigenvalue weighted by Gasteiger charge is 2.40. The monoisotopic (exact) mass is 793 g/mol. The predicted molar refractivity (Wildman–Crippen MR) is 204 cm³/mol. The van der Waals surface area contributed by atoms with Crippen LogP contribution in [0, 0.1) is 5.92 Å². The molecule has 3 atom stereocenters. The molecule has 3 saturated heterocycles. The number of amides is 3. The van der Waals surface area contributed by atoms with Gasteiger partial charge in [-0.3, -0.25) is 29.3 Å². The smallest absolute Gasteiger partial charge is 0.369 e. The lowest BCUT2D eigenvalue weighted by Crippen LogP contribution is -2.48. The molecule has 3 aliphatic heterocycles. The molecule has 0 spiro atoms. The second kappa shape index (κ2) is 16.0. The van der Waals surface area contributed by atoms with Gasteiger partial charge in [0.15, 0.2) is 17.2 Å². The molecule has 18 heteroatoms. The molecule has 1 aromatic carbocycles. The van der Waals surface area contributed by atoms with Crippen molar-refractivity contribution in [2.24, 2.45) is 11.7 Å². The second-order valence-corrected chi connectivity index (χ2v) is 15.8. The van der Waals surface area contributed by atoms with Crippen molar-refractivity contribution in [2.75, 3.05) is 60.9 Å². The molecule has 3 aromatic heterocycles. The molecular weight excluding hydrogens is 746 g/mol. The Morgan fingerprint density at radius 3 is 2.42 bits per heavy atom. The van der Waals surface area contributed by atoms with Crippen LogP contribution in [0.4, 0.5) is 34.8 Å². The topological polar surface area (TPSA) is 159 Å². The van der Waals surface area contributed by atoms with Gasteiger partial charge in [0.2, 0.25) is 11.8 Å². The summed E-state index contributed by atoms with van der Waals surface area (Å²) >= 11 is 0. The number of carbonyl (C=O) groups is 3. The van der Waals surface area contributed by atoms with Gasteiger partial charge in [-0.2, -0.15) is 18.3 Å². The summed E-state index contributed by atoms with van der Waals surface area (Å²) in [6, 6.07) is 8.91. The maximum Gasteiger partial charge on any atom is 0.437 e. The molecule has 6 heterocycles. The molecule has 4 N–H and O–H groups in total. The number of piperidine rings is 2. The summed E-state index contributed by atoms with van der Waals surface area (Å²) < 4.78 is 60.3. The van der Waals surface area contributed by atoms with Gasteiger partial charge in [0, 0.05) is 69.5 Å². The Kier molecular flexibility index (Phi) is 10.9. The van der Waals surface area contributed by atoms with E-state index in [1.807, 2.05) is 24.3 Å². The average Bonchev–Trinajstić information content (AvgIpc) is 3.80. The fourth-order valence-corrected chi connectivity index (χ4v) is 8.83. The van der Waals surface area contributed by atoms with Gasteiger partial charge in [-0.15, -0.1) is 5.10 Å². The lowest BCUT2D eigenvalue weighted by atomic mass is 9.84. The van der Waals surface area contributed by atoms with Crippen molar-refractivity contribution >= 4 is 40.6 Å². The van der Waals surface area contributed by atoms with Crippen molar-refractivity contribution in [3.63, 3.8) is 0 Å². The third-order valence-corrected chi connectivity index (χ3v) is 11.9. The van der Waals surface area contributed by atoms with E-state index in [1.165, 1.54) is 21.6 Å². The number of aromatic nitrogens is 5. The first-order valence-electron chi connectivity index (χ1n) is 19.8. The molecule has 1 saturated carbocycles. The minimum absolute atomic E-state index is 0.0607. The first-order valence-corrected chi connectivity index (χ1v) is 19.8. The van der Waals surface area contributed by atoms with Gasteiger partial charge >= 0.3 is 6.18 Å². The molecule has 14 nitrogen and oxygen atoms in total. The molecule has 304 valence electrons. The normalized spacial score (nSPS) is 25.2. The van der Waals surface area contributed by atoms with E-state index in [1.54, 1.807) is 17.2 Å². The second-order valence-electron chi connectivity index (χ2n) is 15.8. The van der Waals surface area contributed by atoms with Crippen LogP contribution in [0.3, 0.4) is 0 Å². The summed E-state index contributed by atoms with van der Waals surface area (Å²) in [5.74, 6) is -1.06. The number of imide groups is 1. The number of hydrogen-bond acceptors (Lipinski definition) is 10. The summed E-state index contributed by atoms with van der Waals surface area (Å²) in [4.78, 5) is 48.2. The van der Waals surface area contributed by atoms with Crippen LogP contribution in [0.2, 0.25) is 0 Å². The van der Waals surface area contributed by atoms with Gasteiger partial charge in [0.1, 0.15) is 11.7 Å². The highest BCUT2D eigenvalue weighted by Crippen LogP contribution is 2.39. The summed E-state index contributed by atoms with van der Waals surface area (Å²) in [6.45, 7) is 4.70. The Hall–Kier alpha value is -5.10. The molecule has 4 fully saturated rings. The van der Waals surface area contributed by atoms with E-state index in [0.717, 1.165) is 63.2 Å². The highest BCUT2D eigenvalue weighted by molar-refractivity contribution is 6.12. The molecule has 4 aliphatic rings. The van der Waals surface area contributed by atoms with Crippen LogP contribution < -0.4 is 26.2 Å². The zero-order chi connectivity index (χ0) is 39.8. The minimum atomic E-state index is -4.82. The zero-order valence-corrected chi connectivity index (χ0v) is 31.5.